The molecule has 0 unspecified atom stereocenters. The highest BCUT2D eigenvalue weighted by molar-refractivity contribution is 6.54. The number of hydrogen-bond acceptors (Lipinski definition) is 4. The summed E-state index contributed by atoms with van der Waals surface area (Å²) in [6.07, 6.45) is 43.6. The fourth-order valence-corrected chi connectivity index (χ4v) is 4.14. The van der Waals surface area contributed by atoms with Crippen LogP contribution in [0, 0.1) is 0 Å². The molecular formula is C32H52O4Si. The first-order chi connectivity index (χ1) is 18.2. The summed E-state index contributed by atoms with van der Waals surface area (Å²) in [7, 11) is -3.58. The van der Waals surface area contributed by atoms with Gasteiger partial charge in [-0.15, -0.1) is 0 Å². The van der Waals surface area contributed by atoms with E-state index in [0.29, 0.717) is 0 Å². The van der Waals surface area contributed by atoms with Crippen LogP contribution in [0.3, 0.4) is 0 Å². The molecule has 0 spiro atoms. The van der Waals surface area contributed by atoms with Gasteiger partial charge >= 0.3 is 9.05 Å². The van der Waals surface area contributed by atoms with Gasteiger partial charge in [0.05, 0.1) is 25.0 Å². The Morgan fingerprint density at radius 3 is 0.838 bits per heavy atom. The van der Waals surface area contributed by atoms with Crippen LogP contribution in [0.15, 0.2) is 98.0 Å². The SMILES string of the molecule is CCCCC=CC=CO[Si](OC=CC=CCCCC)(OC=CC=CCCCC)OC=CC=CCCCC. The van der Waals surface area contributed by atoms with Gasteiger partial charge in [0.15, 0.2) is 0 Å². The molecule has 0 aromatic carbocycles. The molecule has 0 radical (unpaired) electrons. The fraction of sp³-hybridized carbons (Fsp3) is 0.500. The second-order valence-electron chi connectivity index (χ2n) is 8.57. The average molecular weight is 529 g/mol. The first kappa shape index (κ1) is 34.3. The summed E-state index contributed by atoms with van der Waals surface area (Å²) in [4.78, 5) is 0. The Morgan fingerprint density at radius 2 is 0.622 bits per heavy atom. The zero-order chi connectivity index (χ0) is 27.1. The van der Waals surface area contributed by atoms with Crippen molar-refractivity contribution in [2.45, 2.75) is 105 Å². The van der Waals surface area contributed by atoms with E-state index in [9.17, 15) is 0 Å². The van der Waals surface area contributed by atoms with Crippen LogP contribution < -0.4 is 0 Å². The standard InChI is InChI=1S/C32H52O4Si/c1-5-9-13-17-21-25-29-33-37(34-30-26-22-18-14-10-6-2,35-31-27-23-19-15-11-7-3)36-32-28-24-20-16-12-8-4/h17-32H,5-16H2,1-4H3. The second-order valence-corrected chi connectivity index (χ2v) is 10.5. The molecular weight excluding hydrogens is 476 g/mol. The fourth-order valence-electron chi connectivity index (χ4n) is 2.83. The normalized spacial score (nSPS) is 14.6. The third kappa shape index (κ3) is 23.5. The van der Waals surface area contributed by atoms with Crippen LogP contribution in [0.25, 0.3) is 0 Å². The van der Waals surface area contributed by atoms with E-state index in [4.69, 9.17) is 17.7 Å². The van der Waals surface area contributed by atoms with Gasteiger partial charge in [0.25, 0.3) is 0 Å². The number of hydrogen-bond donors (Lipinski definition) is 0. The van der Waals surface area contributed by atoms with E-state index < -0.39 is 9.05 Å². The summed E-state index contributed by atoms with van der Waals surface area (Å²) >= 11 is 0. The van der Waals surface area contributed by atoms with Gasteiger partial charge in [-0.05, 0) is 50.0 Å². The van der Waals surface area contributed by atoms with Gasteiger partial charge in [-0.1, -0.05) is 128 Å². The summed E-state index contributed by atoms with van der Waals surface area (Å²) < 4.78 is 23.9. The molecule has 37 heavy (non-hydrogen) atoms. The monoisotopic (exact) mass is 528 g/mol. The molecule has 0 bridgehead atoms. The van der Waals surface area contributed by atoms with Crippen molar-refractivity contribution < 1.29 is 17.7 Å². The van der Waals surface area contributed by atoms with E-state index in [1.165, 1.54) is 51.4 Å². The van der Waals surface area contributed by atoms with Crippen molar-refractivity contribution in [1.82, 2.24) is 0 Å². The topological polar surface area (TPSA) is 36.9 Å². The second kappa shape index (κ2) is 27.9. The Labute approximate surface area is 229 Å². The first-order valence-electron chi connectivity index (χ1n) is 14.2. The predicted octanol–water partition coefficient (Wildman–Crippen LogP) is 10.5. The maximum absolute atomic E-state index is 5.99. The van der Waals surface area contributed by atoms with Crippen LogP contribution in [0.2, 0.25) is 0 Å². The largest absolute Gasteiger partial charge is 0.965 e. The summed E-state index contributed by atoms with van der Waals surface area (Å²) in [6.45, 7) is 8.74. The van der Waals surface area contributed by atoms with Gasteiger partial charge in [-0.25, -0.2) is 0 Å². The number of rotatable bonds is 24. The van der Waals surface area contributed by atoms with Gasteiger partial charge in [0.1, 0.15) is 0 Å². The van der Waals surface area contributed by atoms with E-state index >= 15 is 0 Å². The minimum Gasteiger partial charge on any atom is -0.459 e. The summed E-state index contributed by atoms with van der Waals surface area (Å²) in [5, 5.41) is 0. The number of unbranched alkanes of at least 4 members (excludes halogenated alkanes) is 8. The molecule has 0 atom stereocenters. The smallest absolute Gasteiger partial charge is 0.459 e. The maximum atomic E-state index is 5.99. The van der Waals surface area contributed by atoms with Crippen molar-refractivity contribution in [2.24, 2.45) is 0 Å². The molecule has 0 N–H and O–H groups in total. The summed E-state index contributed by atoms with van der Waals surface area (Å²) in [6, 6.07) is 0. The third-order valence-corrected chi connectivity index (χ3v) is 6.75. The van der Waals surface area contributed by atoms with Crippen molar-refractivity contribution >= 4 is 9.05 Å². The van der Waals surface area contributed by atoms with E-state index in [1.54, 1.807) is 25.0 Å². The molecule has 0 aromatic rings. The molecule has 0 saturated carbocycles. The third-order valence-electron chi connectivity index (χ3n) is 5.05. The van der Waals surface area contributed by atoms with Gasteiger partial charge in [-0.2, -0.15) is 0 Å². The predicted molar refractivity (Wildman–Crippen MR) is 161 cm³/mol. The minimum absolute atomic E-state index is 1.04. The van der Waals surface area contributed by atoms with E-state index in [1.807, 2.05) is 48.6 Å². The lowest BCUT2D eigenvalue weighted by atomic mass is 10.2. The lowest BCUT2D eigenvalue weighted by Crippen LogP contribution is -2.44. The molecule has 5 heteroatoms. The zero-order valence-corrected chi connectivity index (χ0v) is 24.9. The lowest BCUT2D eigenvalue weighted by molar-refractivity contribution is 0.0773. The van der Waals surface area contributed by atoms with Crippen molar-refractivity contribution in [1.29, 1.82) is 0 Å². The van der Waals surface area contributed by atoms with Crippen LogP contribution in [-0.2, 0) is 17.7 Å². The van der Waals surface area contributed by atoms with Crippen molar-refractivity contribution in [3.05, 3.63) is 98.0 Å². The van der Waals surface area contributed by atoms with Gasteiger partial charge in [0, 0.05) is 0 Å². The maximum Gasteiger partial charge on any atom is 0.965 e. The van der Waals surface area contributed by atoms with Crippen molar-refractivity contribution in [2.75, 3.05) is 0 Å². The molecule has 0 saturated heterocycles. The Balaban J connectivity index is 5.52. The van der Waals surface area contributed by atoms with Crippen LogP contribution in [-0.4, -0.2) is 9.05 Å². The molecule has 0 aromatic heterocycles. The lowest BCUT2D eigenvalue weighted by Gasteiger charge is -2.22. The van der Waals surface area contributed by atoms with Crippen LogP contribution in [0.1, 0.15) is 105 Å². The van der Waals surface area contributed by atoms with E-state index in [-0.39, 0.29) is 0 Å². The van der Waals surface area contributed by atoms with Gasteiger partial charge in [-0.3, -0.25) is 0 Å². The highest BCUT2D eigenvalue weighted by Gasteiger charge is 2.54. The molecule has 0 rings (SSSR count). The molecule has 0 aliphatic carbocycles. The highest BCUT2D eigenvalue weighted by Crippen LogP contribution is 2.15. The molecule has 0 heterocycles. The van der Waals surface area contributed by atoms with Crippen LogP contribution in [0.4, 0.5) is 0 Å². The Bertz CT molecular complexity index is 604. The van der Waals surface area contributed by atoms with Gasteiger partial charge in [0.2, 0.25) is 0 Å². The summed E-state index contributed by atoms with van der Waals surface area (Å²) in [5.41, 5.74) is 0. The Morgan fingerprint density at radius 1 is 0.378 bits per heavy atom. The Hall–Kier alpha value is -2.66. The molecule has 0 fully saturated rings. The quantitative estimate of drug-likeness (QED) is 0.0540. The van der Waals surface area contributed by atoms with E-state index in [0.717, 1.165) is 25.7 Å². The first-order valence-corrected chi connectivity index (χ1v) is 15.9. The molecule has 0 aliphatic rings. The highest BCUT2D eigenvalue weighted by atomic mass is 28.4. The van der Waals surface area contributed by atoms with Crippen molar-refractivity contribution in [3.8, 4) is 0 Å². The summed E-state index contributed by atoms with van der Waals surface area (Å²) in [5.74, 6) is 0. The van der Waals surface area contributed by atoms with Crippen LogP contribution in [0.5, 0.6) is 0 Å². The van der Waals surface area contributed by atoms with Crippen LogP contribution >= 0.6 is 0 Å². The zero-order valence-electron chi connectivity index (χ0n) is 23.9. The molecule has 4 nitrogen and oxygen atoms in total. The Kier molecular flexibility index (Phi) is 25.9. The molecule has 208 valence electrons. The van der Waals surface area contributed by atoms with E-state index in [2.05, 4.69) is 52.0 Å². The molecule has 0 aliphatic heterocycles. The van der Waals surface area contributed by atoms with Gasteiger partial charge < -0.3 is 17.7 Å². The minimum atomic E-state index is -3.58. The number of allylic oxidation sites excluding steroid dienone is 12. The molecule has 0 amide bonds. The average Bonchev–Trinajstić information content (AvgIpc) is 2.91. The van der Waals surface area contributed by atoms with Crippen molar-refractivity contribution in [3.63, 3.8) is 0 Å².